The molecule has 0 heterocycles. The second-order valence-corrected chi connectivity index (χ2v) is 17.0. The van der Waals surface area contributed by atoms with Crippen LogP contribution in [0.25, 0.3) is 0 Å². The number of carbonyl (C=O) groups excluding carboxylic acids is 1. The van der Waals surface area contributed by atoms with E-state index >= 15 is 0 Å². The van der Waals surface area contributed by atoms with Gasteiger partial charge < -0.3 is 19.4 Å². The number of carboxylic acid groups (broad SMARTS) is 1. The van der Waals surface area contributed by atoms with E-state index in [9.17, 15) is 19.8 Å². The van der Waals surface area contributed by atoms with E-state index in [1.165, 1.54) is 57.4 Å². The van der Waals surface area contributed by atoms with E-state index in [0.717, 1.165) is 36.5 Å². The van der Waals surface area contributed by atoms with Crippen LogP contribution in [0.5, 0.6) is 0 Å². The number of hydrogen-bond donors (Lipinski definition) is 2. The van der Waals surface area contributed by atoms with Gasteiger partial charge in [-0.1, -0.05) is 65.5 Å². The molecule has 240 valence electrons. The van der Waals surface area contributed by atoms with Crippen molar-refractivity contribution in [3.8, 4) is 0 Å². The van der Waals surface area contributed by atoms with Gasteiger partial charge in [0, 0.05) is 6.92 Å². The van der Waals surface area contributed by atoms with Crippen molar-refractivity contribution >= 4 is 11.9 Å². The standard InChI is InChI=1S/C36H61NO5/c1-23(2)11-10-12-24(3)28-15-16-29-27-14-13-26-21-36(41,20-19-34(26,5)30(27)17-18-35(28,29)6)32(33(39)40)31(42-25(4)38)22-37(7,8)9/h13,23-24,27-32,41H,10-12,14-22H2,1-9H3/p+1/t24-,27+,28-,29+,30+,31?,32?,34+,35-,36?/m1/s1. The third-order valence-corrected chi connectivity index (χ3v) is 12.7. The van der Waals surface area contributed by atoms with Crippen molar-refractivity contribution in [1.29, 1.82) is 0 Å². The molecule has 4 rings (SSSR count). The minimum atomic E-state index is -1.44. The van der Waals surface area contributed by atoms with Gasteiger partial charge in [0.15, 0.2) is 6.10 Å². The smallest absolute Gasteiger partial charge is 0.313 e. The molecule has 0 amide bonds. The minimum Gasteiger partial charge on any atom is -0.481 e. The van der Waals surface area contributed by atoms with Crippen LogP contribution in [-0.2, 0) is 14.3 Å². The molecule has 10 atom stereocenters. The van der Waals surface area contributed by atoms with E-state index in [2.05, 4.69) is 40.7 Å². The van der Waals surface area contributed by atoms with E-state index in [-0.39, 0.29) is 5.41 Å². The van der Waals surface area contributed by atoms with E-state index in [1.54, 1.807) is 0 Å². The Morgan fingerprint density at radius 3 is 2.31 bits per heavy atom. The lowest BCUT2D eigenvalue weighted by Gasteiger charge is -2.60. The predicted molar refractivity (Wildman–Crippen MR) is 168 cm³/mol. The van der Waals surface area contributed by atoms with Crippen molar-refractivity contribution in [1.82, 2.24) is 0 Å². The summed E-state index contributed by atoms with van der Waals surface area (Å²) in [6.07, 6.45) is 13.4. The van der Waals surface area contributed by atoms with Crippen molar-refractivity contribution < 1.29 is 29.0 Å². The SMILES string of the molecule is CC(=O)OC(C[N+](C)(C)C)C(C(=O)O)C1(O)CC[C@@]2(C)C(=CC[C@H]3[C@@H]4CC[C@H]([C@H](C)CCCC(C)C)[C@@]4(C)CC[C@@H]32)C1. The zero-order valence-electron chi connectivity index (χ0n) is 28.2. The molecule has 0 bridgehead atoms. The van der Waals surface area contributed by atoms with Crippen molar-refractivity contribution in [2.24, 2.45) is 52.3 Å². The Hall–Kier alpha value is -1.40. The number of ether oxygens (including phenoxy) is 1. The fourth-order valence-electron chi connectivity index (χ4n) is 10.7. The van der Waals surface area contributed by atoms with Crippen molar-refractivity contribution in [2.45, 2.75) is 124 Å². The molecule has 2 N–H and O–H groups in total. The Morgan fingerprint density at radius 2 is 1.71 bits per heavy atom. The Balaban J connectivity index is 1.55. The molecule has 0 saturated heterocycles. The van der Waals surface area contributed by atoms with Gasteiger partial charge >= 0.3 is 11.9 Å². The average Bonchev–Trinajstić information content (AvgIpc) is 3.20. The van der Waals surface area contributed by atoms with Crippen LogP contribution in [0.15, 0.2) is 11.6 Å². The maximum absolute atomic E-state index is 12.7. The number of fused-ring (bicyclic) bond motifs is 5. The maximum atomic E-state index is 12.7. The fourth-order valence-corrected chi connectivity index (χ4v) is 10.7. The number of carbonyl (C=O) groups is 2. The summed E-state index contributed by atoms with van der Waals surface area (Å²) in [4.78, 5) is 24.8. The zero-order chi connectivity index (χ0) is 31.3. The highest BCUT2D eigenvalue weighted by atomic mass is 16.5. The van der Waals surface area contributed by atoms with Gasteiger partial charge in [0.1, 0.15) is 12.5 Å². The number of quaternary nitrogens is 1. The quantitative estimate of drug-likeness (QED) is 0.153. The highest BCUT2D eigenvalue weighted by Crippen LogP contribution is 2.68. The first-order chi connectivity index (χ1) is 19.4. The Morgan fingerprint density at radius 1 is 1.02 bits per heavy atom. The largest absolute Gasteiger partial charge is 0.481 e. The van der Waals surface area contributed by atoms with Crippen LogP contribution in [0.4, 0.5) is 0 Å². The molecule has 0 aromatic rings. The molecule has 0 spiro atoms. The molecular weight excluding hydrogens is 526 g/mol. The summed E-state index contributed by atoms with van der Waals surface area (Å²) in [7, 11) is 5.87. The van der Waals surface area contributed by atoms with Gasteiger partial charge in [-0.25, -0.2) is 0 Å². The molecule has 3 saturated carbocycles. The number of aliphatic carboxylic acids is 1. The van der Waals surface area contributed by atoms with E-state index in [0.29, 0.717) is 41.1 Å². The molecule has 6 nitrogen and oxygen atoms in total. The molecule has 42 heavy (non-hydrogen) atoms. The van der Waals surface area contributed by atoms with Crippen molar-refractivity contribution in [2.75, 3.05) is 27.7 Å². The highest BCUT2D eigenvalue weighted by Gasteiger charge is 2.61. The molecule has 3 unspecified atom stereocenters. The molecular formula is C36H62NO5+. The summed E-state index contributed by atoms with van der Waals surface area (Å²) in [5, 5.41) is 22.5. The summed E-state index contributed by atoms with van der Waals surface area (Å²) >= 11 is 0. The molecule has 0 aromatic carbocycles. The second kappa shape index (κ2) is 12.2. The van der Waals surface area contributed by atoms with Gasteiger partial charge in [0.05, 0.1) is 26.7 Å². The summed E-state index contributed by atoms with van der Waals surface area (Å²) in [5.41, 5.74) is 0.228. The zero-order valence-corrected chi connectivity index (χ0v) is 28.2. The normalized spacial score (nSPS) is 38.5. The Bertz CT molecular complexity index is 1030. The number of nitrogens with zero attached hydrogens (tertiary/aromatic N) is 1. The summed E-state index contributed by atoms with van der Waals surface area (Å²) in [6, 6.07) is 0. The number of aliphatic hydroxyl groups is 1. The van der Waals surface area contributed by atoms with Crippen LogP contribution in [0.2, 0.25) is 0 Å². The highest BCUT2D eigenvalue weighted by molar-refractivity contribution is 5.74. The number of esters is 1. The van der Waals surface area contributed by atoms with Gasteiger partial charge in [-0.15, -0.1) is 0 Å². The number of carboxylic acids is 1. The third-order valence-electron chi connectivity index (χ3n) is 12.7. The lowest BCUT2D eigenvalue weighted by atomic mass is 9.45. The lowest BCUT2D eigenvalue weighted by molar-refractivity contribution is -0.873. The summed E-state index contributed by atoms with van der Waals surface area (Å²) in [5.74, 6) is 1.68. The predicted octanol–water partition coefficient (Wildman–Crippen LogP) is 7.10. The second-order valence-electron chi connectivity index (χ2n) is 17.0. The van der Waals surface area contributed by atoms with E-state index < -0.39 is 29.6 Å². The Kier molecular flexibility index (Phi) is 9.71. The van der Waals surface area contributed by atoms with E-state index in [1.807, 2.05) is 21.1 Å². The van der Waals surface area contributed by atoms with Gasteiger partial charge in [-0.3, -0.25) is 9.59 Å². The average molecular weight is 589 g/mol. The van der Waals surface area contributed by atoms with Crippen LogP contribution in [0, 0.1) is 52.3 Å². The summed E-state index contributed by atoms with van der Waals surface area (Å²) in [6.45, 7) is 13.9. The number of rotatable bonds is 11. The van der Waals surface area contributed by atoms with Crippen LogP contribution in [0.3, 0.4) is 0 Å². The van der Waals surface area contributed by atoms with Gasteiger partial charge in [-0.2, -0.15) is 0 Å². The van der Waals surface area contributed by atoms with Crippen LogP contribution >= 0.6 is 0 Å². The first-order valence-electron chi connectivity index (χ1n) is 17.0. The monoisotopic (exact) mass is 588 g/mol. The molecule has 0 aromatic heterocycles. The van der Waals surface area contributed by atoms with Crippen LogP contribution in [0.1, 0.15) is 112 Å². The first kappa shape index (κ1) is 33.5. The fraction of sp³-hybridized carbons (Fsp3) is 0.889. The maximum Gasteiger partial charge on any atom is 0.313 e. The number of hydrogen-bond acceptors (Lipinski definition) is 4. The molecule has 0 aliphatic heterocycles. The molecule has 0 radical (unpaired) electrons. The molecule has 3 fully saturated rings. The van der Waals surface area contributed by atoms with Gasteiger partial charge in [0.2, 0.25) is 0 Å². The number of allylic oxidation sites excluding steroid dienone is 1. The van der Waals surface area contributed by atoms with Gasteiger partial charge in [-0.05, 0) is 97.7 Å². The lowest BCUT2D eigenvalue weighted by Crippen LogP contribution is -2.59. The number of likely N-dealkylation sites (N-methyl/N-ethyl adjacent to an activating group) is 1. The molecule has 6 heteroatoms. The molecule has 4 aliphatic carbocycles. The van der Waals surface area contributed by atoms with E-state index in [4.69, 9.17) is 4.74 Å². The van der Waals surface area contributed by atoms with Gasteiger partial charge in [0.25, 0.3) is 0 Å². The topological polar surface area (TPSA) is 83.8 Å². The Labute approximate surface area is 256 Å². The van der Waals surface area contributed by atoms with Crippen molar-refractivity contribution in [3.63, 3.8) is 0 Å². The van der Waals surface area contributed by atoms with Crippen LogP contribution < -0.4 is 0 Å². The van der Waals surface area contributed by atoms with Crippen molar-refractivity contribution in [3.05, 3.63) is 11.6 Å². The third kappa shape index (κ3) is 6.50. The van der Waals surface area contributed by atoms with Crippen LogP contribution in [-0.4, -0.2) is 66.0 Å². The minimum absolute atomic E-state index is 0.00246. The summed E-state index contributed by atoms with van der Waals surface area (Å²) < 4.78 is 6.07. The first-order valence-corrected chi connectivity index (χ1v) is 17.0. The molecule has 4 aliphatic rings.